The average Bonchev–Trinajstić information content (AvgIpc) is 2.77. The molecule has 3 amide bonds. The van der Waals surface area contributed by atoms with Crippen LogP contribution in [0.1, 0.15) is 31.1 Å². The molecule has 0 saturated carbocycles. The van der Waals surface area contributed by atoms with E-state index < -0.39 is 11.7 Å². The molecular weight excluding hydrogens is 385 g/mol. The van der Waals surface area contributed by atoms with Crippen molar-refractivity contribution in [1.82, 2.24) is 10.6 Å². The lowest BCUT2D eigenvalue weighted by Crippen LogP contribution is -2.34. The van der Waals surface area contributed by atoms with E-state index in [1.807, 2.05) is 6.07 Å². The molecule has 3 N–H and O–H groups in total. The predicted octanol–water partition coefficient (Wildman–Crippen LogP) is 3.24. The van der Waals surface area contributed by atoms with Crippen LogP contribution >= 0.6 is 0 Å². The number of amides is 3. The number of rotatable bonds is 7. The molecule has 3 rings (SSSR count). The number of hydrogen-bond donors (Lipinski definition) is 3. The molecule has 3 aromatic carbocycles. The van der Waals surface area contributed by atoms with Gasteiger partial charge in [-0.15, -0.1) is 0 Å². The van der Waals surface area contributed by atoms with Gasteiger partial charge in [0.2, 0.25) is 0 Å². The fraction of sp³-hybridized carbons (Fsp3) is 0.0870. The van der Waals surface area contributed by atoms with Crippen LogP contribution in [-0.2, 0) is 0 Å². The Morgan fingerprint density at radius 3 is 1.80 bits per heavy atom. The third kappa shape index (κ3) is 5.75. The first kappa shape index (κ1) is 20.7. The predicted molar refractivity (Wildman–Crippen MR) is 112 cm³/mol. The Labute approximate surface area is 173 Å². The molecular formula is C23H20FN3O3. The number of hydrogen-bond acceptors (Lipinski definition) is 3. The molecule has 0 bridgehead atoms. The molecule has 0 atom stereocenters. The third-order valence-corrected chi connectivity index (χ3v) is 4.22. The molecule has 7 heteroatoms. The molecule has 6 nitrogen and oxygen atoms in total. The van der Waals surface area contributed by atoms with Gasteiger partial charge in [-0.25, -0.2) is 4.39 Å². The van der Waals surface area contributed by atoms with Gasteiger partial charge >= 0.3 is 0 Å². The van der Waals surface area contributed by atoms with Gasteiger partial charge in [0.05, 0.1) is 0 Å². The largest absolute Gasteiger partial charge is 0.350 e. The fourth-order valence-electron chi connectivity index (χ4n) is 2.68. The first-order valence-electron chi connectivity index (χ1n) is 9.31. The summed E-state index contributed by atoms with van der Waals surface area (Å²) >= 11 is 0. The van der Waals surface area contributed by atoms with Gasteiger partial charge in [0, 0.05) is 35.5 Å². The van der Waals surface area contributed by atoms with E-state index in [9.17, 15) is 18.8 Å². The van der Waals surface area contributed by atoms with E-state index in [1.165, 1.54) is 18.2 Å². The summed E-state index contributed by atoms with van der Waals surface area (Å²) in [6.07, 6.45) is 0. The fourth-order valence-corrected chi connectivity index (χ4v) is 2.68. The van der Waals surface area contributed by atoms with Crippen LogP contribution in [0.25, 0.3) is 0 Å². The Bertz CT molecular complexity index is 1040. The summed E-state index contributed by atoms with van der Waals surface area (Å²) in [6, 6.07) is 20.5. The van der Waals surface area contributed by atoms with E-state index in [-0.39, 0.29) is 23.9 Å². The maximum Gasteiger partial charge on any atom is 0.255 e. The van der Waals surface area contributed by atoms with Crippen molar-refractivity contribution in [1.29, 1.82) is 0 Å². The van der Waals surface area contributed by atoms with Gasteiger partial charge in [-0.05, 0) is 54.6 Å². The van der Waals surface area contributed by atoms with Crippen molar-refractivity contribution < 1.29 is 18.8 Å². The summed E-state index contributed by atoms with van der Waals surface area (Å²) in [6.45, 7) is 0.566. The summed E-state index contributed by atoms with van der Waals surface area (Å²) in [5.74, 6) is -1.44. The van der Waals surface area contributed by atoms with E-state index in [0.29, 0.717) is 23.4 Å². The van der Waals surface area contributed by atoms with Crippen LogP contribution < -0.4 is 16.0 Å². The average molecular weight is 405 g/mol. The molecule has 0 spiro atoms. The Hall–Kier alpha value is -4.00. The zero-order chi connectivity index (χ0) is 21.3. The van der Waals surface area contributed by atoms with Crippen LogP contribution in [-0.4, -0.2) is 30.8 Å². The highest BCUT2D eigenvalue weighted by Gasteiger charge is 2.09. The van der Waals surface area contributed by atoms with Crippen LogP contribution in [0.15, 0.2) is 78.9 Å². The lowest BCUT2D eigenvalue weighted by Gasteiger charge is -2.09. The number of carbonyl (C=O) groups is 3. The first-order valence-corrected chi connectivity index (χ1v) is 9.31. The lowest BCUT2D eigenvalue weighted by atomic mass is 10.1. The molecule has 0 unspecified atom stereocenters. The molecule has 152 valence electrons. The van der Waals surface area contributed by atoms with Gasteiger partial charge in [-0.3, -0.25) is 14.4 Å². The zero-order valence-corrected chi connectivity index (χ0v) is 16.0. The van der Waals surface area contributed by atoms with Gasteiger partial charge in [0.25, 0.3) is 17.7 Å². The monoisotopic (exact) mass is 405 g/mol. The Kier molecular flexibility index (Phi) is 6.89. The molecule has 0 saturated heterocycles. The van der Waals surface area contributed by atoms with Crippen molar-refractivity contribution in [3.8, 4) is 0 Å². The minimum atomic E-state index is -0.491. The highest BCUT2D eigenvalue weighted by molar-refractivity contribution is 6.04. The maximum atomic E-state index is 13.2. The van der Waals surface area contributed by atoms with Gasteiger partial charge < -0.3 is 16.0 Å². The highest BCUT2D eigenvalue weighted by atomic mass is 19.1. The number of halogens is 1. The second-order valence-electron chi connectivity index (χ2n) is 6.42. The van der Waals surface area contributed by atoms with Crippen LogP contribution in [0.3, 0.4) is 0 Å². The Morgan fingerprint density at radius 1 is 0.633 bits per heavy atom. The summed E-state index contributed by atoms with van der Waals surface area (Å²) in [4.78, 5) is 36.3. The number of nitrogens with one attached hydrogen (secondary N) is 3. The van der Waals surface area contributed by atoms with Crippen molar-refractivity contribution in [3.05, 3.63) is 101 Å². The Balaban J connectivity index is 1.45. The SMILES string of the molecule is O=C(NCCNC(=O)c1ccc(NC(=O)c2cccc(F)c2)cc1)c1ccccc1. The van der Waals surface area contributed by atoms with Crippen LogP contribution in [0, 0.1) is 5.82 Å². The van der Waals surface area contributed by atoms with Crippen LogP contribution in [0.5, 0.6) is 0 Å². The summed E-state index contributed by atoms with van der Waals surface area (Å²) in [5, 5.41) is 8.09. The maximum absolute atomic E-state index is 13.2. The van der Waals surface area contributed by atoms with Crippen molar-refractivity contribution in [3.63, 3.8) is 0 Å². The van der Waals surface area contributed by atoms with E-state index in [1.54, 1.807) is 48.5 Å². The topological polar surface area (TPSA) is 87.3 Å². The normalized spacial score (nSPS) is 10.2. The molecule has 0 aliphatic carbocycles. The smallest absolute Gasteiger partial charge is 0.255 e. The van der Waals surface area contributed by atoms with Gasteiger partial charge in [0.15, 0.2) is 0 Å². The summed E-state index contributed by atoms with van der Waals surface area (Å²) < 4.78 is 13.2. The lowest BCUT2D eigenvalue weighted by molar-refractivity contribution is 0.0927. The van der Waals surface area contributed by atoms with E-state index in [4.69, 9.17) is 0 Å². The van der Waals surface area contributed by atoms with Crippen molar-refractivity contribution in [2.45, 2.75) is 0 Å². The van der Waals surface area contributed by atoms with Gasteiger partial charge in [-0.1, -0.05) is 24.3 Å². The summed E-state index contributed by atoms with van der Waals surface area (Å²) in [5.41, 5.74) is 1.65. The minimum absolute atomic E-state index is 0.203. The number of carbonyl (C=O) groups excluding carboxylic acids is 3. The van der Waals surface area contributed by atoms with Crippen molar-refractivity contribution >= 4 is 23.4 Å². The Morgan fingerprint density at radius 2 is 1.20 bits per heavy atom. The molecule has 0 aromatic heterocycles. The van der Waals surface area contributed by atoms with Gasteiger partial charge in [0.1, 0.15) is 5.82 Å². The standard InChI is InChI=1S/C23H20FN3O3/c24-19-8-4-7-18(15-19)23(30)27-20-11-9-17(10-12-20)22(29)26-14-13-25-21(28)16-5-2-1-3-6-16/h1-12,15H,13-14H2,(H,25,28)(H,26,29)(H,27,30). The number of anilines is 1. The molecule has 0 fully saturated rings. The first-order chi connectivity index (χ1) is 14.5. The van der Waals surface area contributed by atoms with E-state index >= 15 is 0 Å². The van der Waals surface area contributed by atoms with Gasteiger partial charge in [-0.2, -0.15) is 0 Å². The third-order valence-electron chi connectivity index (χ3n) is 4.22. The summed E-state index contributed by atoms with van der Waals surface area (Å²) in [7, 11) is 0. The number of benzene rings is 3. The zero-order valence-electron chi connectivity index (χ0n) is 16.0. The minimum Gasteiger partial charge on any atom is -0.350 e. The van der Waals surface area contributed by atoms with Crippen molar-refractivity contribution in [2.24, 2.45) is 0 Å². The second kappa shape index (κ2) is 9.97. The van der Waals surface area contributed by atoms with E-state index in [2.05, 4.69) is 16.0 Å². The molecule has 0 aliphatic rings. The van der Waals surface area contributed by atoms with Crippen molar-refractivity contribution in [2.75, 3.05) is 18.4 Å². The second-order valence-corrected chi connectivity index (χ2v) is 6.42. The van der Waals surface area contributed by atoms with E-state index in [0.717, 1.165) is 6.07 Å². The molecule has 0 aliphatic heterocycles. The molecule has 0 radical (unpaired) electrons. The highest BCUT2D eigenvalue weighted by Crippen LogP contribution is 2.12. The quantitative estimate of drug-likeness (QED) is 0.528. The van der Waals surface area contributed by atoms with Crippen LogP contribution in [0.2, 0.25) is 0 Å². The van der Waals surface area contributed by atoms with Crippen LogP contribution in [0.4, 0.5) is 10.1 Å². The molecule has 3 aromatic rings. The molecule has 0 heterocycles. The molecule has 30 heavy (non-hydrogen) atoms.